The van der Waals surface area contributed by atoms with Crippen LogP contribution in [0.4, 0.5) is 0 Å². The number of amides is 2. The molecule has 3 N–H and O–H groups in total. The van der Waals surface area contributed by atoms with Gasteiger partial charge in [-0.1, -0.05) is 30.3 Å². The summed E-state index contributed by atoms with van der Waals surface area (Å²) < 4.78 is 5.31. The lowest BCUT2D eigenvalue weighted by molar-refractivity contribution is -0.139. The summed E-state index contributed by atoms with van der Waals surface area (Å²) in [6.45, 7) is 3.62. The Kier molecular flexibility index (Phi) is 7.14. The first-order chi connectivity index (χ1) is 13.3. The second-order valence-corrected chi connectivity index (χ2v) is 6.55. The zero-order valence-electron chi connectivity index (χ0n) is 16.0. The molecule has 0 heterocycles. The van der Waals surface area contributed by atoms with Crippen LogP contribution in [0, 0.1) is 13.8 Å². The standard InChI is InChI=1S/C21H24N2O5/c1-14-10-17(11-15(2)20(14)28-13-19(25)26)21(27)23(9-8-18(22)24)12-16-6-4-3-5-7-16/h3-7,10-11H,8-9,12-13H2,1-2H3,(H2,22,24)(H,25,26). The van der Waals surface area contributed by atoms with Crippen LogP contribution < -0.4 is 10.5 Å². The number of hydrogen-bond acceptors (Lipinski definition) is 4. The number of carboxylic acid groups (broad SMARTS) is 1. The Morgan fingerprint density at radius 3 is 2.21 bits per heavy atom. The van der Waals surface area contributed by atoms with E-state index >= 15 is 0 Å². The number of benzene rings is 2. The normalized spacial score (nSPS) is 10.4. The maximum Gasteiger partial charge on any atom is 0.341 e. The number of hydrogen-bond donors (Lipinski definition) is 2. The van der Waals surface area contributed by atoms with Gasteiger partial charge in [0.05, 0.1) is 0 Å². The van der Waals surface area contributed by atoms with Gasteiger partial charge in [-0.2, -0.15) is 0 Å². The number of carbonyl (C=O) groups excluding carboxylic acids is 2. The number of ether oxygens (including phenoxy) is 1. The van der Waals surface area contributed by atoms with Crippen molar-refractivity contribution in [2.75, 3.05) is 13.2 Å². The molecule has 2 aromatic carbocycles. The van der Waals surface area contributed by atoms with Gasteiger partial charge in [-0.3, -0.25) is 9.59 Å². The molecule has 7 heteroatoms. The molecule has 0 saturated carbocycles. The van der Waals surface area contributed by atoms with Crippen molar-refractivity contribution in [1.82, 2.24) is 4.90 Å². The summed E-state index contributed by atoms with van der Waals surface area (Å²) in [5, 5.41) is 8.79. The third kappa shape index (κ3) is 5.84. The van der Waals surface area contributed by atoms with E-state index in [0.717, 1.165) is 5.56 Å². The average Bonchev–Trinajstić information content (AvgIpc) is 2.64. The fourth-order valence-corrected chi connectivity index (χ4v) is 2.92. The average molecular weight is 384 g/mol. The van der Waals surface area contributed by atoms with Gasteiger partial charge in [-0.15, -0.1) is 0 Å². The highest BCUT2D eigenvalue weighted by Gasteiger charge is 2.19. The largest absolute Gasteiger partial charge is 0.481 e. The highest BCUT2D eigenvalue weighted by molar-refractivity contribution is 5.95. The Balaban J connectivity index is 2.26. The van der Waals surface area contributed by atoms with Crippen LogP contribution in [0.25, 0.3) is 0 Å². The van der Waals surface area contributed by atoms with Gasteiger partial charge in [0.15, 0.2) is 6.61 Å². The minimum absolute atomic E-state index is 0.0658. The highest BCUT2D eigenvalue weighted by atomic mass is 16.5. The van der Waals surface area contributed by atoms with Crippen LogP contribution in [-0.2, 0) is 16.1 Å². The van der Waals surface area contributed by atoms with E-state index in [1.807, 2.05) is 30.3 Å². The number of nitrogens with zero attached hydrogens (tertiary/aromatic N) is 1. The van der Waals surface area contributed by atoms with Crippen LogP contribution in [0.15, 0.2) is 42.5 Å². The molecule has 0 saturated heterocycles. The molecule has 2 amide bonds. The van der Waals surface area contributed by atoms with Crippen LogP contribution in [-0.4, -0.2) is 40.9 Å². The molecule has 2 rings (SSSR count). The van der Waals surface area contributed by atoms with Gasteiger partial charge < -0.3 is 20.5 Å². The predicted molar refractivity (Wildman–Crippen MR) is 104 cm³/mol. The second-order valence-electron chi connectivity index (χ2n) is 6.55. The maximum atomic E-state index is 13.1. The summed E-state index contributed by atoms with van der Waals surface area (Å²) in [7, 11) is 0. The third-order valence-electron chi connectivity index (χ3n) is 4.18. The Morgan fingerprint density at radius 1 is 1.07 bits per heavy atom. The number of rotatable bonds is 9. The van der Waals surface area contributed by atoms with Crippen molar-refractivity contribution in [3.8, 4) is 5.75 Å². The molecule has 28 heavy (non-hydrogen) atoms. The number of primary amides is 1. The molecule has 2 aromatic rings. The summed E-state index contributed by atoms with van der Waals surface area (Å²) in [4.78, 5) is 36.6. The Labute approximate surface area is 163 Å². The van der Waals surface area contributed by atoms with Gasteiger partial charge in [-0.05, 0) is 42.7 Å². The fraction of sp³-hybridized carbons (Fsp3) is 0.286. The van der Waals surface area contributed by atoms with Crippen molar-refractivity contribution in [2.45, 2.75) is 26.8 Å². The molecule has 0 aromatic heterocycles. The number of aryl methyl sites for hydroxylation is 2. The molecule has 0 atom stereocenters. The smallest absolute Gasteiger partial charge is 0.341 e. The Morgan fingerprint density at radius 2 is 1.68 bits per heavy atom. The molecule has 0 unspecified atom stereocenters. The monoisotopic (exact) mass is 384 g/mol. The van der Waals surface area contributed by atoms with Gasteiger partial charge in [0.2, 0.25) is 5.91 Å². The molecule has 0 aliphatic carbocycles. The number of nitrogens with two attached hydrogens (primary N) is 1. The molecule has 7 nitrogen and oxygen atoms in total. The van der Waals surface area contributed by atoms with Crippen LogP contribution in [0.1, 0.15) is 33.5 Å². The lowest BCUT2D eigenvalue weighted by Crippen LogP contribution is -2.33. The van der Waals surface area contributed by atoms with Crippen molar-refractivity contribution < 1.29 is 24.2 Å². The SMILES string of the molecule is Cc1cc(C(=O)N(CCC(N)=O)Cc2ccccc2)cc(C)c1OCC(=O)O. The quantitative estimate of drug-likeness (QED) is 0.689. The molecule has 148 valence electrons. The Hall–Kier alpha value is -3.35. The van der Waals surface area contributed by atoms with E-state index in [9.17, 15) is 14.4 Å². The summed E-state index contributed by atoms with van der Waals surface area (Å²) in [6, 6.07) is 12.8. The van der Waals surface area contributed by atoms with Crippen molar-refractivity contribution in [3.63, 3.8) is 0 Å². The van der Waals surface area contributed by atoms with Crippen LogP contribution >= 0.6 is 0 Å². The van der Waals surface area contributed by atoms with Gasteiger partial charge in [-0.25, -0.2) is 4.79 Å². The summed E-state index contributed by atoms with van der Waals surface area (Å²) in [6.07, 6.45) is 0.0658. The molecular formula is C21H24N2O5. The molecule has 0 fully saturated rings. The molecule has 0 radical (unpaired) electrons. The van der Waals surface area contributed by atoms with Crippen molar-refractivity contribution in [2.24, 2.45) is 5.73 Å². The molecular weight excluding hydrogens is 360 g/mol. The van der Waals surface area contributed by atoms with Gasteiger partial charge in [0, 0.05) is 25.1 Å². The molecule has 0 aliphatic heterocycles. The first kappa shape index (κ1) is 21.0. The van der Waals surface area contributed by atoms with Crippen LogP contribution in [0.5, 0.6) is 5.75 Å². The topological polar surface area (TPSA) is 110 Å². The first-order valence-corrected chi connectivity index (χ1v) is 8.85. The zero-order valence-corrected chi connectivity index (χ0v) is 16.0. The van der Waals surface area contributed by atoms with Crippen LogP contribution in [0.2, 0.25) is 0 Å². The summed E-state index contributed by atoms with van der Waals surface area (Å²) in [5.41, 5.74) is 7.97. The summed E-state index contributed by atoms with van der Waals surface area (Å²) in [5.74, 6) is -1.33. The fourth-order valence-electron chi connectivity index (χ4n) is 2.92. The summed E-state index contributed by atoms with van der Waals surface area (Å²) >= 11 is 0. The van der Waals surface area contributed by atoms with Gasteiger partial charge in [0.25, 0.3) is 5.91 Å². The van der Waals surface area contributed by atoms with E-state index in [4.69, 9.17) is 15.6 Å². The van der Waals surface area contributed by atoms with Crippen LogP contribution in [0.3, 0.4) is 0 Å². The van der Waals surface area contributed by atoms with E-state index < -0.39 is 18.5 Å². The van der Waals surface area contributed by atoms with Crippen molar-refractivity contribution >= 4 is 17.8 Å². The first-order valence-electron chi connectivity index (χ1n) is 8.85. The van der Waals surface area contributed by atoms with Crippen molar-refractivity contribution in [1.29, 1.82) is 0 Å². The highest BCUT2D eigenvalue weighted by Crippen LogP contribution is 2.26. The number of carbonyl (C=O) groups is 3. The lowest BCUT2D eigenvalue weighted by atomic mass is 10.0. The van der Waals surface area contributed by atoms with E-state index in [2.05, 4.69) is 0 Å². The Bertz CT molecular complexity index is 841. The van der Waals surface area contributed by atoms with Gasteiger partial charge in [0.1, 0.15) is 5.75 Å². The van der Waals surface area contributed by atoms with E-state index in [1.54, 1.807) is 30.9 Å². The molecule has 0 spiro atoms. The molecule has 0 aliphatic rings. The zero-order chi connectivity index (χ0) is 20.7. The number of aliphatic carboxylic acids is 1. The van der Waals surface area contributed by atoms with Crippen molar-refractivity contribution in [3.05, 3.63) is 64.7 Å². The predicted octanol–water partition coefficient (Wildman–Crippen LogP) is 2.28. The van der Waals surface area contributed by atoms with E-state index in [1.165, 1.54) is 0 Å². The second kappa shape index (κ2) is 9.55. The molecule has 0 bridgehead atoms. The van der Waals surface area contributed by atoms with Gasteiger partial charge >= 0.3 is 5.97 Å². The van der Waals surface area contributed by atoms with E-state index in [0.29, 0.717) is 29.0 Å². The lowest BCUT2D eigenvalue weighted by Gasteiger charge is -2.23. The maximum absolute atomic E-state index is 13.1. The minimum Gasteiger partial charge on any atom is -0.481 e. The third-order valence-corrected chi connectivity index (χ3v) is 4.18. The number of carboxylic acids is 1. The minimum atomic E-state index is -1.07. The van der Waals surface area contributed by atoms with E-state index in [-0.39, 0.29) is 18.9 Å².